The van der Waals surface area contributed by atoms with E-state index in [9.17, 15) is 4.79 Å². The molecule has 1 saturated carbocycles. The van der Waals surface area contributed by atoms with Gasteiger partial charge >= 0.3 is 6.03 Å². The minimum atomic E-state index is -0.0861. The van der Waals surface area contributed by atoms with Crippen LogP contribution >= 0.6 is 0 Å². The van der Waals surface area contributed by atoms with E-state index >= 15 is 0 Å². The Morgan fingerprint density at radius 3 is 2.71 bits per heavy atom. The van der Waals surface area contributed by atoms with Gasteiger partial charge in [-0.1, -0.05) is 38.0 Å². The lowest BCUT2D eigenvalue weighted by molar-refractivity contribution is 0.248. The number of hydrogen-bond donors (Lipinski definition) is 3. The van der Waals surface area contributed by atoms with Crippen LogP contribution in [-0.4, -0.2) is 18.6 Å². The maximum atomic E-state index is 12.1. The minimum absolute atomic E-state index is 0.0861. The summed E-state index contributed by atoms with van der Waals surface area (Å²) in [5, 5.41) is 9.53. The molecule has 1 aromatic rings. The maximum Gasteiger partial charge on any atom is 0.319 e. The second kappa shape index (κ2) is 8.03. The van der Waals surface area contributed by atoms with Crippen LogP contribution in [0, 0.1) is 0 Å². The Hall–Kier alpha value is -1.55. The average molecular weight is 289 g/mol. The highest BCUT2D eigenvalue weighted by Crippen LogP contribution is 2.23. The molecule has 1 aromatic carbocycles. The summed E-state index contributed by atoms with van der Waals surface area (Å²) in [5.74, 6) is 0. The zero-order valence-electron chi connectivity index (χ0n) is 13.1. The van der Waals surface area contributed by atoms with Crippen LogP contribution in [-0.2, 0) is 0 Å². The smallest absolute Gasteiger partial charge is 0.319 e. The van der Waals surface area contributed by atoms with E-state index in [4.69, 9.17) is 0 Å². The van der Waals surface area contributed by atoms with Gasteiger partial charge in [0, 0.05) is 17.8 Å². The molecule has 4 nitrogen and oxygen atoms in total. The largest absolute Gasteiger partial charge is 0.335 e. The topological polar surface area (TPSA) is 53.2 Å². The van der Waals surface area contributed by atoms with Crippen molar-refractivity contribution in [2.75, 3.05) is 11.9 Å². The first-order chi connectivity index (χ1) is 10.2. The molecule has 21 heavy (non-hydrogen) atoms. The Kier molecular flexibility index (Phi) is 6.05. The highest BCUT2D eigenvalue weighted by atomic mass is 16.2. The average Bonchev–Trinajstić information content (AvgIpc) is 2.98. The molecular formula is C17H27N3O. The van der Waals surface area contributed by atoms with E-state index in [2.05, 4.69) is 35.9 Å². The predicted octanol–water partition coefficient (Wildman–Crippen LogP) is 3.81. The Morgan fingerprint density at radius 1 is 1.29 bits per heavy atom. The van der Waals surface area contributed by atoms with Gasteiger partial charge in [0.2, 0.25) is 0 Å². The molecule has 0 radical (unpaired) electrons. The number of benzene rings is 1. The van der Waals surface area contributed by atoms with Gasteiger partial charge in [-0.25, -0.2) is 4.79 Å². The molecule has 2 amide bonds. The van der Waals surface area contributed by atoms with E-state index in [0.29, 0.717) is 6.04 Å². The molecule has 1 fully saturated rings. The van der Waals surface area contributed by atoms with Gasteiger partial charge < -0.3 is 16.0 Å². The van der Waals surface area contributed by atoms with Crippen LogP contribution < -0.4 is 16.0 Å². The normalized spacial score (nSPS) is 16.7. The molecule has 0 heterocycles. The lowest BCUT2D eigenvalue weighted by Crippen LogP contribution is -2.36. The van der Waals surface area contributed by atoms with Gasteiger partial charge in [0.25, 0.3) is 0 Å². The van der Waals surface area contributed by atoms with E-state index in [0.717, 1.165) is 37.1 Å². The molecule has 1 unspecified atom stereocenters. The van der Waals surface area contributed by atoms with Crippen LogP contribution in [0.5, 0.6) is 0 Å². The van der Waals surface area contributed by atoms with Crippen LogP contribution in [0.4, 0.5) is 10.5 Å². The fraction of sp³-hybridized carbons (Fsp3) is 0.588. The van der Waals surface area contributed by atoms with Crippen molar-refractivity contribution in [3.63, 3.8) is 0 Å². The van der Waals surface area contributed by atoms with E-state index in [1.54, 1.807) is 0 Å². The summed E-state index contributed by atoms with van der Waals surface area (Å²) in [5.41, 5.74) is 2.02. The third kappa shape index (κ3) is 4.74. The molecule has 0 bridgehead atoms. The second-order valence-electron chi connectivity index (χ2n) is 5.84. The number of para-hydroxylation sites is 1. The molecule has 1 aliphatic rings. The zero-order valence-corrected chi connectivity index (χ0v) is 13.1. The van der Waals surface area contributed by atoms with Crippen LogP contribution in [0.1, 0.15) is 57.6 Å². The molecule has 0 aliphatic heterocycles. The first-order valence-corrected chi connectivity index (χ1v) is 8.10. The number of nitrogens with one attached hydrogen (secondary N) is 3. The van der Waals surface area contributed by atoms with Gasteiger partial charge in [-0.05, 0) is 44.4 Å². The van der Waals surface area contributed by atoms with Crippen molar-refractivity contribution >= 4 is 11.7 Å². The first kappa shape index (κ1) is 15.8. The van der Waals surface area contributed by atoms with Gasteiger partial charge in [-0.15, -0.1) is 0 Å². The molecule has 4 heteroatoms. The second-order valence-corrected chi connectivity index (χ2v) is 5.84. The summed E-state index contributed by atoms with van der Waals surface area (Å²) in [6.45, 7) is 5.26. The zero-order chi connectivity index (χ0) is 15.1. The van der Waals surface area contributed by atoms with Crippen molar-refractivity contribution in [2.24, 2.45) is 0 Å². The van der Waals surface area contributed by atoms with Crippen molar-refractivity contribution in [1.29, 1.82) is 0 Å². The Balaban J connectivity index is 1.96. The fourth-order valence-corrected chi connectivity index (χ4v) is 2.87. The number of urea groups is 1. The molecular weight excluding hydrogens is 262 g/mol. The highest BCUT2D eigenvalue weighted by molar-refractivity contribution is 5.90. The number of hydrogen-bond acceptors (Lipinski definition) is 2. The summed E-state index contributed by atoms with van der Waals surface area (Å²) in [7, 11) is 0. The molecule has 1 atom stereocenters. The van der Waals surface area contributed by atoms with Crippen molar-refractivity contribution in [1.82, 2.24) is 10.6 Å². The molecule has 116 valence electrons. The van der Waals surface area contributed by atoms with Crippen molar-refractivity contribution in [2.45, 2.75) is 58.0 Å². The summed E-state index contributed by atoms with van der Waals surface area (Å²) < 4.78 is 0. The molecule has 3 N–H and O–H groups in total. The molecule has 0 aromatic heterocycles. The lowest BCUT2D eigenvalue weighted by Gasteiger charge is -2.19. The van der Waals surface area contributed by atoms with Gasteiger partial charge in [-0.2, -0.15) is 0 Å². The molecule has 1 aliphatic carbocycles. The Bertz CT molecular complexity index is 455. The predicted molar refractivity (Wildman–Crippen MR) is 87.6 cm³/mol. The summed E-state index contributed by atoms with van der Waals surface area (Å²) in [6.07, 6.45) is 5.74. The summed E-state index contributed by atoms with van der Waals surface area (Å²) >= 11 is 0. The third-order valence-electron chi connectivity index (χ3n) is 4.07. The Morgan fingerprint density at radius 2 is 2.00 bits per heavy atom. The number of anilines is 1. The van der Waals surface area contributed by atoms with E-state index in [1.807, 2.05) is 18.2 Å². The Labute approximate surface area is 127 Å². The van der Waals surface area contributed by atoms with Gasteiger partial charge in [0.1, 0.15) is 0 Å². The molecule has 2 rings (SSSR count). The molecule has 0 saturated heterocycles. The monoisotopic (exact) mass is 289 g/mol. The van der Waals surface area contributed by atoms with Crippen molar-refractivity contribution < 1.29 is 4.79 Å². The van der Waals surface area contributed by atoms with Crippen LogP contribution in [0.15, 0.2) is 24.3 Å². The number of carbonyl (C=O) groups is 1. The number of amides is 2. The van der Waals surface area contributed by atoms with Crippen LogP contribution in [0.25, 0.3) is 0 Å². The van der Waals surface area contributed by atoms with E-state index < -0.39 is 0 Å². The fourth-order valence-electron chi connectivity index (χ4n) is 2.87. The molecule has 0 spiro atoms. The van der Waals surface area contributed by atoms with Crippen LogP contribution in [0.3, 0.4) is 0 Å². The quantitative estimate of drug-likeness (QED) is 0.746. The first-order valence-electron chi connectivity index (χ1n) is 8.10. The van der Waals surface area contributed by atoms with Crippen LogP contribution in [0.2, 0.25) is 0 Å². The van der Waals surface area contributed by atoms with Crippen molar-refractivity contribution in [3.05, 3.63) is 29.8 Å². The van der Waals surface area contributed by atoms with Gasteiger partial charge in [-0.3, -0.25) is 0 Å². The van der Waals surface area contributed by atoms with Crippen molar-refractivity contribution in [3.8, 4) is 0 Å². The third-order valence-corrected chi connectivity index (χ3v) is 4.07. The minimum Gasteiger partial charge on any atom is -0.335 e. The summed E-state index contributed by atoms with van der Waals surface area (Å²) in [6, 6.07) is 8.49. The number of carbonyl (C=O) groups excluding carboxylic acids is 1. The number of rotatable bonds is 6. The van der Waals surface area contributed by atoms with Gasteiger partial charge in [0.05, 0.1) is 0 Å². The lowest BCUT2D eigenvalue weighted by atomic mass is 10.1. The highest BCUT2D eigenvalue weighted by Gasteiger charge is 2.18. The summed E-state index contributed by atoms with van der Waals surface area (Å²) in [4.78, 5) is 12.1. The SMILES string of the molecule is CCCNC(C)c1ccccc1NC(=O)NC1CCCC1. The van der Waals surface area contributed by atoms with E-state index in [1.165, 1.54) is 12.8 Å². The van der Waals surface area contributed by atoms with E-state index in [-0.39, 0.29) is 12.1 Å². The maximum absolute atomic E-state index is 12.1. The van der Waals surface area contributed by atoms with Gasteiger partial charge in [0.15, 0.2) is 0 Å². The standard InChI is InChI=1S/C17H27N3O/c1-3-12-18-13(2)15-10-6-7-11-16(15)20-17(21)19-14-8-4-5-9-14/h6-7,10-11,13-14,18H,3-5,8-9,12H2,1-2H3,(H2,19,20,21).